The number of hydrogen-bond acceptors (Lipinski definition) is 2. The van der Waals surface area contributed by atoms with Gasteiger partial charge in [-0.1, -0.05) is 23.2 Å². The molecule has 0 spiro atoms. The van der Waals surface area contributed by atoms with Gasteiger partial charge < -0.3 is 0 Å². The van der Waals surface area contributed by atoms with Crippen molar-refractivity contribution >= 4 is 23.2 Å². The normalized spacial score (nSPS) is 10.3. The molecule has 0 saturated heterocycles. The Morgan fingerprint density at radius 1 is 1.13 bits per heavy atom. The minimum atomic E-state index is 0.600. The van der Waals surface area contributed by atoms with Gasteiger partial charge in [-0.15, -0.1) is 0 Å². The smallest absolute Gasteiger partial charge is 0.160 e. The van der Waals surface area contributed by atoms with Crippen LogP contribution in [0.25, 0.3) is 11.4 Å². The monoisotopic (exact) mass is 238 g/mol. The minimum absolute atomic E-state index is 0.600. The molecule has 1 heterocycles. The van der Waals surface area contributed by atoms with Gasteiger partial charge in [0.25, 0.3) is 0 Å². The van der Waals surface area contributed by atoms with Gasteiger partial charge in [-0.3, -0.25) is 0 Å². The number of aryl methyl sites for hydroxylation is 1. The van der Waals surface area contributed by atoms with Crippen LogP contribution in [0.5, 0.6) is 0 Å². The summed E-state index contributed by atoms with van der Waals surface area (Å²) in [5.74, 6) is 0.600. The molecule has 1 aromatic heterocycles. The quantitative estimate of drug-likeness (QED) is 0.757. The van der Waals surface area contributed by atoms with Crippen LogP contribution in [0.1, 0.15) is 5.69 Å². The van der Waals surface area contributed by atoms with Crippen molar-refractivity contribution in [2.75, 3.05) is 0 Å². The van der Waals surface area contributed by atoms with E-state index in [4.69, 9.17) is 23.2 Å². The summed E-state index contributed by atoms with van der Waals surface area (Å²) < 4.78 is 0. The Hall–Kier alpha value is -1.12. The van der Waals surface area contributed by atoms with Gasteiger partial charge in [0.1, 0.15) is 0 Å². The maximum absolute atomic E-state index is 6.04. The molecule has 76 valence electrons. The van der Waals surface area contributed by atoms with Gasteiger partial charge in [0.2, 0.25) is 0 Å². The maximum Gasteiger partial charge on any atom is 0.160 e. The van der Waals surface area contributed by atoms with Gasteiger partial charge in [-0.25, -0.2) is 9.97 Å². The largest absolute Gasteiger partial charge is 0.237 e. The fraction of sp³-hybridized carbons (Fsp3) is 0.0909. The molecular formula is C11H8Cl2N2. The summed E-state index contributed by atoms with van der Waals surface area (Å²) in [5.41, 5.74) is 1.66. The Morgan fingerprint density at radius 2 is 1.93 bits per heavy atom. The Balaban J connectivity index is 2.58. The molecule has 0 fully saturated rings. The standard InChI is InChI=1S/C11H8Cl2N2/c1-7-4-5-14-11(15-7)9-6-8(12)2-3-10(9)13/h2-6H,1H3. The van der Waals surface area contributed by atoms with E-state index in [0.717, 1.165) is 11.3 Å². The van der Waals surface area contributed by atoms with Gasteiger partial charge in [0.05, 0.1) is 5.02 Å². The number of hydrogen-bond donors (Lipinski definition) is 0. The summed E-state index contributed by atoms with van der Waals surface area (Å²) >= 11 is 11.9. The van der Waals surface area contributed by atoms with Crippen LogP contribution >= 0.6 is 23.2 Å². The number of benzene rings is 1. The molecule has 0 amide bonds. The molecule has 2 rings (SSSR count). The van der Waals surface area contributed by atoms with Gasteiger partial charge >= 0.3 is 0 Å². The van der Waals surface area contributed by atoms with Gasteiger partial charge in [-0.2, -0.15) is 0 Å². The molecule has 4 heteroatoms. The van der Waals surface area contributed by atoms with E-state index < -0.39 is 0 Å². The third-order valence-corrected chi connectivity index (χ3v) is 2.53. The van der Waals surface area contributed by atoms with Crippen LogP contribution in [0.3, 0.4) is 0 Å². The van der Waals surface area contributed by atoms with E-state index in [0.29, 0.717) is 15.9 Å². The molecule has 15 heavy (non-hydrogen) atoms. The van der Waals surface area contributed by atoms with E-state index in [1.165, 1.54) is 0 Å². The Morgan fingerprint density at radius 3 is 2.67 bits per heavy atom. The average Bonchev–Trinajstić information content (AvgIpc) is 2.22. The molecule has 1 aromatic carbocycles. The molecule has 0 aliphatic heterocycles. The van der Waals surface area contributed by atoms with Crippen LogP contribution in [-0.2, 0) is 0 Å². The van der Waals surface area contributed by atoms with Crippen molar-refractivity contribution in [2.24, 2.45) is 0 Å². The van der Waals surface area contributed by atoms with Crippen molar-refractivity contribution in [2.45, 2.75) is 6.92 Å². The van der Waals surface area contributed by atoms with E-state index >= 15 is 0 Å². The number of halogens is 2. The van der Waals surface area contributed by atoms with Crippen molar-refractivity contribution < 1.29 is 0 Å². The molecule has 0 atom stereocenters. The van der Waals surface area contributed by atoms with Crippen LogP contribution in [0.2, 0.25) is 10.0 Å². The molecule has 0 N–H and O–H groups in total. The summed E-state index contributed by atoms with van der Waals surface area (Å²) in [6.45, 7) is 1.91. The number of rotatable bonds is 1. The highest BCUT2D eigenvalue weighted by molar-refractivity contribution is 6.35. The lowest BCUT2D eigenvalue weighted by atomic mass is 10.2. The van der Waals surface area contributed by atoms with Gasteiger partial charge in [0.15, 0.2) is 5.82 Å². The van der Waals surface area contributed by atoms with E-state index in [1.807, 2.05) is 13.0 Å². The summed E-state index contributed by atoms with van der Waals surface area (Å²) in [6.07, 6.45) is 1.70. The summed E-state index contributed by atoms with van der Waals surface area (Å²) in [6, 6.07) is 7.08. The van der Waals surface area contributed by atoms with Crippen molar-refractivity contribution in [3.8, 4) is 11.4 Å². The second kappa shape index (κ2) is 4.17. The highest BCUT2D eigenvalue weighted by Crippen LogP contribution is 2.27. The molecule has 0 aliphatic rings. The SMILES string of the molecule is Cc1ccnc(-c2cc(Cl)ccc2Cl)n1. The summed E-state index contributed by atoms with van der Waals surface area (Å²) in [4.78, 5) is 8.45. The first-order valence-electron chi connectivity index (χ1n) is 4.42. The molecule has 0 bridgehead atoms. The predicted molar refractivity (Wildman–Crippen MR) is 62.2 cm³/mol. The Labute approximate surface area is 97.9 Å². The van der Waals surface area contributed by atoms with Gasteiger partial charge in [0, 0.05) is 22.5 Å². The first-order chi connectivity index (χ1) is 7.16. The first kappa shape index (κ1) is 10.4. The first-order valence-corrected chi connectivity index (χ1v) is 5.17. The van der Waals surface area contributed by atoms with Crippen LogP contribution < -0.4 is 0 Å². The minimum Gasteiger partial charge on any atom is -0.237 e. The second-order valence-electron chi connectivity index (χ2n) is 3.15. The Kier molecular flexibility index (Phi) is 2.89. The molecule has 0 unspecified atom stereocenters. The van der Waals surface area contributed by atoms with Crippen LogP contribution in [0.15, 0.2) is 30.5 Å². The number of aromatic nitrogens is 2. The lowest BCUT2D eigenvalue weighted by Crippen LogP contribution is -1.91. The topological polar surface area (TPSA) is 25.8 Å². The summed E-state index contributed by atoms with van der Waals surface area (Å²) in [7, 11) is 0. The van der Waals surface area contributed by atoms with Crippen molar-refractivity contribution in [3.05, 3.63) is 46.2 Å². The average molecular weight is 239 g/mol. The molecule has 2 aromatic rings. The predicted octanol–water partition coefficient (Wildman–Crippen LogP) is 3.76. The van der Waals surface area contributed by atoms with E-state index in [1.54, 1.807) is 24.4 Å². The van der Waals surface area contributed by atoms with Crippen molar-refractivity contribution in [3.63, 3.8) is 0 Å². The zero-order chi connectivity index (χ0) is 10.8. The van der Waals surface area contributed by atoms with E-state index in [-0.39, 0.29) is 0 Å². The van der Waals surface area contributed by atoms with Crippen LogP contribution in [0.4, 0.5) is 0 Å². The van der Waals surface area contributed by atoms with Crippen molar-refractivity contribution in [1.29, 1.82) is 0 Å². The molecule has 0 saturated carbocycles. The fourth-order valence-electron chi connectivity index (χ4n) is 1.25. The highest BCUT2D eigenvalue weighted by atomic mass is 35.5. The van der Waals surface area contributed by atoms with Crippen LogP contribution in [-0.4, -0.2) is 9.97 Å². The zero-order valence-corrected chi connectivity index (χ0v) is 9.55. The van der Waals surface area contributed by atoms with E-state index in [9.17, 15) is 0 Å². The molecule has 2 nitrogen and oxygen atoms in total. The summed E-state index contributed by atoms with van der Waals surface area (Å²) in [5, 5.41) is 1.23. The van der Waals surface area contributed by atoms with Gasteiger partial charge in [-0.05, 0) is 31.2 Å². The molecule has 0 aliphatic carbocycles. The van der Waals surface area contributed by atoms with Crippen molar-refractivity contribution in [1.82, 2.24) is 9.97 Å². The second-order valence-corrected chi connectivity index (χ2v) is 3.99. The van der Waals surface area contributed by atoms with E-state index in [2.05, 4.69) is 9.97 Å². The maximum atomic E-state index is 6.04. The Bertz CT molecular complexity index is 498. The number of nitrogens with zero attached hydrogens (tertiary/aromatic N) is 2. The lowest BCUT2D eigenvalue weighted by Gasteiger charge is -2.03. The van der Waals surface area contributed by atoms with Crippen LogP contribution in [0, 0.1) is 6.92 Å². The lowest BCUT2D eigenvalue weighted by molar-refractivity contribution is 1.11. The third kappa shape index (κ3) is 2.28. The fourth-order valence-corrected chi connectivity index (χ4v) is 1.62. The third-order valence-electron chi connectivity index (χ3n) is 1.96. The molecule has 0 radical (unpaired) electrons. The zero-order valence-electron chi connectivity index (χ0n) is 8.04. The molecular weight excluding hydrogens is 231 g/mol. The highest BCUT2D eigenvalue weighted by Gasteiger charge is 2.06.